The van der Waals surface area contributed by atoms with E-state index in [0.29, 0.717) is 33.2 Å². The van der Waals surface area contributed by atoms with Gasteiger partial charge >= 0.3 is 5.97 Å². The molecular formula is C25H23N5O3S. The molecule has 0 radical (unpaired) electrons. The number of carbonyl (C=O) groups excluding carboxylic acids is 1. The van der Waals surface area contributed by atoms with Crippen molar-refractivity contribution in [2.24, 2.45) is 5.73 Å². The summed E-state index contributed by atoms with van der Waals surface area (Å²) < 4.78 is 0. The van der Waals surface area contributed by atoms with Gasteiger partial charge in [-0.05, 0) is 36.8 Å². The van der Waals surface area contributed by atoms with Crippen LogP contribution in [0.5, 0.6) is 0 Å². The van der Waals surface area contributed by atoms with Crippen LogP contribution in [0, 0.1) is 12.3 Å². The lowest BCUT2D eigenvalue weighted by Gasteiger charge is -2.23. The van der Waals surface area contributed by atoms with E-state index in [1.54, 1.807) is 36.4 Å². The summed E-state index contributed by atoms with van der Waals surface area (Å²) in [6.07, 6.45) is 0. The van der Waals surface area contributed by atoms with Crippen LogP contribution in [-0.2, 0) is 10.5 Å². The minimum absolute atomic E-state index is 0.0328. The summed E-state index contributed by atoms with van der Waals surface area (Å²) in [5.41, 5.74) is 10.4. The van der Waals surface area contributed by atoms with Crippen molar-refractivity contribution in [3.8, 4) is 0 Å². The van der Waals surface area contributed by atoms with Crippen LogP contribution in [0.4, 0.5) is 5.69 Å². The van der Waals surface area contributed by atoms with Crippen molar-refractivity contribution in [2.75, 3.05) is 11.4 Å². The van der Waals surface area contributed by atoms with E-state index in [2.05, 4.69) is 4.98 Å². The number of benzene rings is 3. The number of hydrogen-bond donors (Lipinski definition) is 4. The Morgan fingerprint density at radius 2 is 1.76 bits per heavy atom. The SMILES string of the molecule is Cc1c(N(CC(=O)O)C(=O)c2ccccc2)ccc2[nH]c(SCc3ccc(C(=N)N)cc3)nc12. The number of nitrogen functional groups attached to an aromatic ring is 1. The highest BCUT2D eigenvalue weighted by Crippen LogP contribution is 2.31. The number of H-pyrrole nitrogens is 1. The van der Waals surface area contributed by atoms with E-state index in [1.807, 2.05) is 37.3 Å². The van der Waals surface area contributed by atoms with Crippen LogP contribution in [0.1, 0.15) is 27.0 Å². The van der Waals surface area contributed by atoms with Gasteiger partial charge in [0, 0.05) is 28.1 Å². The molecule has 4 aromatic rings. The normalized spacial score (nSPS) is 10.9. The van der Waals surface area contributed by atoms with Crippen LogP contribution in [0.25, 0.3) is 11.0 Å². The molecule has 1 amide bonds. The van der Waals surface area contributed by atoms with Crippen molar-refractivity contribution >= 4 is 46.2 Å². The molecule has 0 aliphatic carbocycles. The molecule has 0 atom stereocenters. The van der Waals surface area contributed by atoms with Crippen LogP contribution < -0.4 is 10.6 Å². The van der Waals surface area contributed by atoms with Gasteiger partial charge in [0.1, 0.15) is 12.4 Å². The number of rotatable bonds is 8. The minimum Gasteiger partial charge on any atom is -0.480 e. The largest absolute Gasteiger partial charge is 0.480 e. The fourth-order valence-corrected chi connectivity index (χ4v) is 4.44. The molecule has 0 bridgehead atoms. The Bertz CT molecular complexity index is 1370. The highest BCUT2D eigenvalue weighted by atomic mass is 32.2. The molecule has 5 N–H and O–H groups in total. The van der Waals surface area contributed by atoms with Gasteiger partial charge in [-0.3, -0.25) is 19.9 Å². The number of amides is 1. The topological polar surface area (TPSA) is 136 Å². The third-order valence-electron chi connectivity index (χ3n) is 5.35. The molecular weight excluding hydrogens is 450 g/mol. The number of imidazole rings is 1. The first-order valence-corrected chi connectivity index (χ1v) is 11.5. The second-order valence-corrected chi connectivity index (χ2v) is 8.66. The van der Waals surface area contributed by atoms with E-state index in [4.69, 9.17) is 16.1 Å². The van der Waals surface area contributed by atoms with Crippen molar-refractivity contribution in [1.29, 1.82) is 5.41 Å². The zero-order valence-electron chi connectivity index (χ0n) is 18.4. The first-order valence-electron chi connectivity index (χ1n) is 10.5. The Labute approximate surface area is 200 Å². The maximum atomic E-state index is 13.1. The smallest absolute Gasteiger partial charge is 0.323 e. The molecule has 0 aliphatic rings. The average Bonchev–Trinajstić information content (AvgIpc) is 3.26. The number of anilines is 1. The zero-order valence-corrected chi connectivity index (χ0v) is 19.2. The molecule has 3 aromatic carbocycles. The van der Waals surface area contributed by atoms with Crippen molar-refractivity contribution in [3.05, 3.63) is 89.0 Å². The number of aryl methyl sites for hydroxylation is 1. The number of thioether (sulfide) groups is 1. The standard InChI is InChI=1S/C25H23N5O3S/c1-15-20(30(13-21(31)32)24(33)18-5-3-2-4-6-18)12-11-19-22(15)29-25(28-19)34-14-16-7-9-17(10-8-16)23(26)27/h2-12H,13-14H2,1H3,(H3,26,27)(H,28,29)(H,31,32). The van der Waals surface area contributed by atoms with Gasteiger partial charge in [0.15, 0.2) is 5.16 Å². The highest BCUT2D eigenvalue weighted by molar-refractivity contribution is 7.98. The number of aromatic amines is 1. The first-order chi connectivity index (χ1) is 16.3. The van der Waals surface area contributed by atoms with E-state index in [9.17, 15) is 14.7 Å². The van der Waals surface area contributed by atoms with Gasteiger partial charge < -0.3 is 15.8 Å². The summed E-state index contributed by atoms with van der Waals surface area (Å²) in [6, 6.07) is 19.6. The first kappa shape index (κ1) is 23.1. The Hall–Kier alpha value is -4.11. The summed E-state index contributed by atoms with van der Waals surface area (Å²) >= 11 is 1.52. The summed E-state index contributed by atoms with van der Waals surface area (Å²) in [6.45, 7) is 1.38. The van der Waals surface area contributed by atoms with E-state index in [1.165, 1.54) is 16.7 Å². The number of amidine groups is 1. The lowest BCUT2D eigenvalue weighted by molar-refractivity contribution is -0.135. The third kappa shape index (κ3) is 4.94. The summed E-state index contributed by atoms with van der Waals surface area (Å²) in [4.78, 5) is 33.9. The molecule has 0 saturated heterocycles. The molecule has 4 rings (SSSR count). The molecule has 34 heavy (non-hydrogen) atoms. The van der Waals surface area contributed by atoms with Crippen molar-refractivity contribution < 1.29 is 14.7 Å². The van der Waals surface area contributed by atoms with Crippen LogP contribution in [0.3, 0.4) is 0 Å². The molecule has 8 nitrogen and oxygen atoms in total. The summed E-state index contributed by atoms with van der Waals surface area (Å²) in [5.74, 6) is -0.783. The second kappa shape index (κ2) is 9.80. The Morgan fingerprint density at radius 3 is 2.41 bits per heavy atom. The molecule has 1 aromatic heterocycles. The number of carbonyl (C=O) groups is 2. The number of nitrogens with one attached hydrogen (secondary N) is 2. The molecule has 0 aliphatic heterocycles. The fourth-order valence-electron chi connectivity index (χ4n) is 3.61. The van der Waals surface area contributed by atoms with E-state index >= 15 is 0 Å². The molecule has 0 unspecified atom stereocenters. The van der Waals surface area contributed by atoms with Gasteiger partial charge in [0.05, 0.1) is 11.0 Å². The molecule has 0 spiro atoms. The van der Waals surface area contributed by atoms with Gasteiger partial charge in [-0.1, -0.05) is 54.2 Å². The fraction of sp³-hybridized carbons (Fsp3) is 0.120. The van der Waals surface area contributed by atoms with Crippen molar-refractivity contribution in [3.63, 3.8) is 0 Å². The predicted octanol–water partition coefficient (Wildman–Crippen LogP) is 4.18. The highest BCUT2D eigenvalue weighted by Gasteiger charge is 2.23. The maximum absolute atomic E-state index is 13.1. The molecule has 172 valence electrons. The van der Waals surface area contributed by atoms with Gasteiger partial charge in [-0.15, -0.1) is 0 Å². The number of aliphatic carboxylic acids is 1. The zero-order chi connectivity index (χ0) is 24.2. The number of hydrogen-bond acceptors (Lipinski definition) is 5. The monoisotopic (exact) mass is 473 g/mol. The van der Waals surface area contributed by atoms with Crippen molar-refractivity contribution in [2.45, 2.75) is 17.8 Å². The van der Waals surface area contributed by atoms with Crippen molar-refractivity contribution in [1.82, 2.24) is 9.97 Å². The summed E-state index contributed by atoms with van der Waals surface area (Å²) in [5, 5.41) is 17.6. The lowest BCUT2D eigenvalue weighted by Crippen LogP contribution is -2.36. The molecule has 1 heterocycles. The third-order valence-corrected chi connectivity index (χ3v) is 6.29. The van der Waals surface area contributed by atoms with E-state index < -0.39 is 12.5 Å². The Balaban J connectivity index is 1.60. The lowest BCUT2D eigenvalue weighted by atomic mass is 10.1. The Morgan fingerprint density at radius 1 is 1.06 bits per heavy atom. The number of aromatic nitrogens is 2. The predicted molar refractivity (Wildman–Crippen MR) is 134 cm³/mol. The van der Waals surface area contributed by atoms with Gasteiger partial charge in [-0.25, -0.2) is 4.98 Å². The minimum atomic E-state index is -1.10. The van der Waals surface area contributed by atoms with Crippen LogP contribution in [-0.4, -0.2) is 39.3 Å². The summed E-state index contributed by atoms with van der Waals surface area (Å²) in [7, 11) is 0. The van der Waals surface area contributed by atoms with Gasteiger partial charge in [0.2, 0.25) is 0 Å². The van der Waals surface area contributed by atoms with E-state index in [-0.39, 0.29) is 11.7 Å². The Kier molecular flexibility index (Phi) is 6.65. The van der Waals surface area contributed by atoms with Gasteiger partial charge in [-0.2, -0.15) is 0 Å². The number of nitrogens with zero attached hydrogens (tertiary/aromatic N) is 2. The second-order valence-electron chi connectivity index (χ2n) is 7.70. The number of nitrogens with two attached hydrogens (primary N) is 1. The number of carboxylic acid groups (broad SMARTS) is 1. The van der Waals surface area contributed by atoms with Crippen LogP contribution in [0.2, 0.25) is 0 Å². The quantitative estimate of drug-likeness (QED) is 0.172. The van der Waals surface area contributed by atoms with Gasteiger partial charge in [0.25, 0.3) is 5.91 Å². The molecule has 9 heteroatoms. The van der Waals surface area contributed by atoms with E-state index in [0.717, 1.165) is 16.6 Å². The molecule has 0 saturated carbocycles. The average molecular weight is 474 g/mol. The number of carboxylic acids is 1. The van der Waals surface area contributed by atoms with Crippen LogP contribution in [0.15, 0.2) is 71.9 Å². The number of fused-ring (bicyclic) bond motifs is 1. The molecule has 0 fully saturated rings. The van der Waals surface area contributed by atoms with Crippen LogP contribution >= 0.6 is 11.8 Å². The maximum Gasteiger partial charge on any atom is 0.323 e.